The number of nitrogens with one attached hydrogen (secondary N) is 3. The molecule has 1 aromatic carbocycles. The summed E-state index contributed by atoms with van der Waals surface area (Å²) in [5.41, 5.74) is 6.01. The second-order valence-corrected chi connectivity index (χ2v) is 6.33. The summed E-state index contributed by atoms with van der Waals surface area (Å²) in [5.74, 6) is 0.158. The molecular weight excluding hydrogens is 310 g/mol. The van der Waals surface area contributed by atoms with Gasteiger partial charge in [0.15, 0.2) is 0 Å². The number of hydrogen-bond acceptors (Lipinski definition) is 5. The van der Waals surface area contributed by atoms with Crippen LogP contribution in [0.2, 0.25) is 0 Å². The zero-order valence-corrected chi connectivity index (χ0v) is 14.2. The number of quaternary nitrogens is 2. The minimum absolute atomic E-state index is 0.158. The topological polar surface area (TPSA) is 91.9 Å². The third kappa shape index (κ3) is 3.59. The molecular formula is C16H25N5O3. The summed E-state index contributed by atoms with van der Waals surface area (Å²) >= 11 is 0. The van der Waals surface area contributed by atoms with Gasteiger partial charge in [-0.1, -0.05) is 0 Å². The Morgan fingerprint density at radius 2 is 1.92 bits per heavy atom. The van der Waals surface area contributed by atoms with Gasteiger partial charge in [-0.2, -0.15) is 5.43 Å². The minimum atomic E-state index is -0.231. The van der Waals surface area contributed by atoms with Crippen molar-refractivity contribution >= 4 is 17.3 Å². The van der Waals surface area contributed by atoms with Crippen molar-refractivity contribution in [2.45, 2.75) is 19.3 Å². The van der Waals surface area contributed by atoms with Crippen LogP contribution in [0.3, 0.4) is 0 Å². The Balaban J connectivity index is 1.70. The monoisotopic (exact) mass is 335 g/mol. The van der Waals surface area contributed by atoms with Gasteiger partial charge < -0.3 is 20.1 Å². The van der Waals surface area contributed by atoms with E-state index in [4.69, 9.17) is 4.74 Å². The van der Waals surface area contributed by atoms with Crippen LogP contribution in [0.25, 0.3) is 0 Å². The van der Waals surface area contributed by atoms with E-state index in [-0.39, 0.29) is 16.2 Å². The van der Waals surface area contributed by atoms with E-state index in [0.29, 0.717) is 31.1 Å². The van der Waals surface area contributed by atoms with Crippen LogP contribution in [0.15, 0.2) is 17.1 Å². The van der Waals surface area contributed by atoms with Crippen molar-refractivity contribution in [3.8, 4) is 0 Å². The SMILES string of the molecule is COCCN(C)CCN=C1N[NH+]([O-])c2cc3c(cc2[NH+]1[O-])CCC3. The Morgan fingerprint density at radius 3 is 2.62 bits per heavy atom. The molecule has 0 fully saturated rings. The average molecular weight is 335 g/mol. The maximum absolute atomic E-state index is 12.6. The van der Waals surface area contributed by atoms with Crippen molar-refractivity contribution in [2.75, 3.05) is 40.4 Å². The molecule has 1 heterocycles. The molecule has 2 aliphatic rings. The smallest absolute Gasteiger partial charge is 0.347 e. The number of nitrogens with zero attached hydrogens (tertiary/aromatic N) is 2. The van der Waals surface area contributed by atoms with Gasteiger partial charge >= 0.3 is 5.96 Å². The number of aryl methyl sites for hydroxylation is 2. The fourth-order valence-electron chi connectivity index (χ4n) is 3.16. The Hall–Kier alpha value is -1.55. The highest BCUT2D eigenvalue weighted by Crippen LogP contribution is 2.28. The van der Waals surface area contributed by atoms with Gasteiger partial charge in [-0.15, -0.1) is 0 Å². The quantitative estimate of drug-likeness (QED) is 0.560. The second kappa shape index (κ2) is 7.56. The molecule has 0 spiro atoms. The summed E-state index contributed by atoms with van der Waals surface area (Å²) in [5, 5.41) is 24.5. The molecule has 8 heteroatoms. The fraction of sp³-hybridized carbons (Fsp3) is 0.562. The molecule has 0 radical (unpaired) electrons. The van der Waals surface area contributed by atoms with Crippen molar-refractivity contribution in [1.82, 2.24) is 10.3 Å². The zero-order chi connectivity index (χ0) is 17.1. The van der Waals surface area contributed by atoms with Crippen molar-refractivity contribution in [1.29, 1.82) is 0 Å². The first-order valence-corrected chi connectivity index (χ1v) is 8.34. The summed E-state index contributed by atoms with van der Waals surface area (Å²) in [4.78, 5) is 6.38. The predicted octanol–water partition coefficient (Wildman–Crippen LogP) is -1.34. The summed E-state index contributed by atoms with van der Waals surface area (Å²) < 4.78 is 5.03. The Morgan fingerprint density at radius 1 is 1.21 bits per heavy atom. The third-order valence-electron chi connectivity index (χ3n) is 4.60. The number of likely N-dealkylation sites (N-methyl/N-ethyl adjacent to an activating group) is 1. The molecule has 3 N–H and O–H groups in total. The summed E-state index contributed by atoms with van der Waals surface area (Å²) in [6.45, 7) is 2.62. The number of hydroxylamine groups is 1. The Labute approximate surface area is 141 Å². The van der Waals surface area contributed by atoms with Gasteiger partial charge in [-0.05, 0) is 37.4 Å². The van der Waals surface area contributed by atoms with Crippen LogP contribution in [0.5, 0.6) is 0 Å². The van der Waals surface area contributed by atoms with Crippen molar-refractivity contribution < 1.29 is 15.0 Å². The lowest BCUT2D eigenvalue weighted by Gasteiger charge is -2.35. The third-order valence-corrected chi connectivity index (χ3v) is 4.60. The highest BCUT2D eigenvalue weighted by Gasteiger charge is 2.31. The van der Waals surface area contributed by atoms with Crippen molar-refractivity contribution in [3.63, 3.8) is 0 Å². The molecule has 2 atom stereocenters. The number of hydrogen-bond donors (Lipinski definition) is 3. The van der Waals surface area contributed by atoms with Gasteiger partial charge in [-0.25, -0.2) is 10.2 Å². The first-order valence-electron chi connectivity index (χ1n) is 8.34. The number of aliphatic imine (C=N–C) groups is 1. The van der Waals surface area contributed by atoms with E-state index >= 15 is 0 Å². The molecule has 1 aromatic rings. The van der Waals surface area contributed by atoms with Gasteiger partial charge in [-0.3, -0.25) is 5.06 Å². The molecule has 8 nitrogen and oxygen atoms in total. The first-order chi connectivity index (χ1) is 11.6. The van der Waals surface area contributed by atoms with Crippen molar-refractivity contribution in [2.24, 2.45) is 4.99 Å². The van der Waals surface area contributed by atoms with Gasteiger partial charge in [0.05, 0.1) is 13.2 Å². The highest BCUT2D eigenvalue weighted by molar-refractivity contribution is 5.76. The van der Waals surface area contributed by atoms with E-state index in [1.54, 1.807) is 7.11 Å². The number of rotatable bonds is 6. The van der Waals surface area contributed by atoms with E-state index in [1.165, 1.54) is 11.1 Å². The number of ether oxygens (including phenoxy) is 1. The molecule has 0 saturated carbocycles. The van der Waals surface area contributed by atoms with Crippen LogP contribution in [0, 0.1) is 10.4 Å². The van der Waals surface area contributed by atoms with E-state index in [1.807, 2.05) is 19.2 Å². The second-order valence-electron chi connectivity index (χ2n) is 6.33. The Bertz CT molecular complexity index is 622. The molecule has 0 bridgehead atoms. The van der Waals surface area contributed by atoms with Crippen LogP contribution in [-0.2, 0) is 17.6 Å². The molecule has 3 rings (SSSR count). The van der Waals surface area contributed by atoms with E-state index in [2.05, 4.69) is 15.3 Å². The molecule has 0 amide bonds. The van der Waals surface area contributed by atoms with Crippen LogP contribution in [-0.4, -0.2) is 51.3 Å². The molecule has 24 heavy (non-hydrogen) atoms. The molecule has 0 saturated heterocycles. The number of benzene rings is 1. The summed E-state index contributed by atoms with van der Waals surface area (Å²) in [7, 11) is 3.64. The largest absolute Gasteiger partial charge is 0.621 e. The molecule has 132 valence electrons. The van der Waals surface area contributed by atoms with Gasteiger partial charge in [0.2, 0.25) is 11.4 Å². The Kier molecular flexibility index (Phi) is 5.44. The van der Waals surface area contributed by atoms with Gasteiger partial charge in [0.1, 0.15) is 0 Å². The predicted molar refractivity (Wildman–Crippen MR) is 91.3 cm³/mol. The maximum atomic E-state index is 12.6. The highest BCUT2D eigenvalue weighted by atomic mass is 16.6. The number of methoxy groups -OCH3 is 1. The number of fused-ring (bicyclic) bond motifs is 2. The van der Waals surface area contributed by atoms with Crippen LogP contribution >= 0.6 is 0 Å². The standard InChI is InChI=1S/C16H25N5O3/c1-19(8-9-24-2)7-6-17-16-18-21(23)15-11-13-5-3-4-12(13)10-14(15)20(16)22/h10-11,20-21H,3-9H2,1-2H3,(H,17,18). The average Bonchev–Trinajstić information content (AvgIpc) is 3.03. The maximum Gasteiger partial charge on any atom is 0.347 e. The van der Waals surface area contributed by atoms with E-state index in [0.717, 1.165) is 25.8 Å². The normalized spacial score (nSPS) is 24.1. The van der Waals surface area contributed by atoms with Crippen LogP contribution < -0.4 is 15.7 Å². The zero-order valence-electron chi connectivity index (χ0n) is 14.2. The minimum Gasteiger partial charge on any atom is -0.621 e. The fourth-order valence-corrected chi connectivity index (χ4v) is 3.16. The summed E-state index contributed by atoms with van der Waals surface area (Å²) in [6, 6.07) is 3.76. The number of guanidine groups is 1. The van der Waals surface area contributed by atoms with E-state index < -0.39 is 0 Å². The van der Waals surface area contributed by atoms with Crippen LogP contribution in [0.1, 0.15) is 17.5 Å². The van der Waals surface area contributed by atoms with Crippen LogP contribution in [0.4, 0.5) is 11.4 Å². The lowest BCUT2D eigenvalue weighted by atomic mass is 10.1. The molecule has 1 aliphatic carbocycles. The molecule has 1 aliphatic heterocycles. The molecule has 0 aromatic heterocycles. The lowest BCUT2D eigenvalue weighted by molar-refractivity contribution is -0.851. The lowest BCUT2D eigenvalue weighted by Crippen LogP contribution is -3.24. The summed E-state index contributed by atoms with van der Waals surface area (Å²) in [6.07, 6.45) is 3.05. The van der Waals surface area contributed by atoms with Crippen molar-refractivity contribution in [3.05, 3.63) is 33.7 Å². The van der Waals surface area contributed by atoms with Gasteiger partial charge in [0, 0.05) is 32.3 Å². The van der Waals surface area contributed by atoms with Gasteiger partial charge in [0.25, 0.3) is 0 Å². The molecule has 2 unspecified atom stereocenters. The first kappa shape index (κ1) is 17.3. The van der Waals surface area contributed by atoms with E-state index in [9.17, 15) is 10.4 Å².